The molecule has 26 heavy (non-hydrogen) atoms. The van der Waals surface area contributed by atoms with Gasteiger partial charge in [-0.1, -0.05) is 6.07 Å². The molecule has 0 saturated carbocycles. The van der Waals surface area contributed by atoms with Crippen LogP contribution in [0.2, 0.25) is 0 Å². The summed E-state index contributed by atoms with van der Waals surface area (Å²) in [6.07, 6.45) is 3.21. The molecule has 1 saturated heterocycles. The van der Waals surface area contributed by atoms with Crippen molar-refractivity contribution in [1.29, 1.82) is 0 Å². The van der Waals surface area contributed by atoms with Gasteiger partial charge in [0, 0.05) is 37.2 Å². The van der Waals surface area contributed by atoms with Crippen molar-refractivity contribution < 1.29 is 23.7 Å². The molecule has 0 atom stereocenters. The van der Waals surface area contributed by atoms with E-state index in [0.29, 0.717) is 41.9 Å². The molecule has 0 aromatic heterocycles. The summed E-state index contributed by atoms with van der Waals surface area (Å²) in [6.45, 7) is 2.41. The van der Waals surface area contributed by atoms with Crippen molar-refractivity contribution in [3.05, 3.63) is 17.7 Å². The number of nitrogens with one attached hydrogen (secondary N) is 1. The number of carbonyl (C=O) groups is 1. The third-order valence-electron chi connectivity index (χ3n) is 4.35. The molecule has 1 aliphatic heterocycles. The molecule has 1 aliphatic rings. The molecule has 1 aromatic rings. The molecular formula is C19H29NO5S. The van der Waals surface area contributed by atoms with E-state index in [1.807, 2.05) is 23.9 Å². The summed E-state index contributed by atoms with van der Waals surface area (Å²) >= 11 is 1.92. The summed E-state index contributed by atoms with van der Waals surface area (Å²) in [7, 11) is 4.75. The fourth-order valence-corrected chi connectivity index (χ4v) is 4.03. The molecule has 1 amide bonds. The van der Waals surface area contributed by atoms with E-state index in [1.54, 1.807) is 21.3 Å². The molecule has 1 fully saturated rings. The molecule has 7 heteroatoms. The van der Waals surface area contributed by atoms with Gasteiger partial charge >= 0.3 is 0 Å². The second-order valence-electron chi connectivity index (χ2n) is 6.03. The zero-order chi connectivity index (χ0) is 18.8. The zero-order valence-corrected chi connectivity index (χ0v) is 16.7. The molecule has 146 valence electrons. The van der Waals surface area contributed by atoms with E-state index in [-0.39, 0.29) is 5.91 Å². The molecule has 0 radical (unpaired) electrons. The molecule has 1 N–H and O–H groups in total. The number of benzene rings is 1. The lowest BCUT2D eigenvalue weighted by Gasteiger charge is -2.21. The van der Waals surface area contributed by atoms with E-state index in [2.05, 4.69) is 5.32 Å². The first-order valence-electron chi connectivity index (χ1n) is 8.93. The van der Waals surface area contributed by atoms with E-state index < -0.39 is 0 Å². The summed E-state index contributed by atoms with van der Waals surface area (Å²) in [4.78, 5) is 12.1. The number of aryl methyl sites for hydroxylation is 1. The number of ether oxygens (including phenoxy) is 4. The quantitative estimate of drug-likeness (QED) is 0.627. The summed E-state index contributed by atoms with van der Waals surface area (Å²) in [6, 6.07) is 3.74. The van der Waals surface area contributed by atoms with Crippen molar-refractivity contribution in [1.82, 2.24) is 5.32 Å². The van der Waals surface area contributed by atoms with Crippen LogP contribution < -0.4 is 19.5 Å². The maximum atomic E-state index is 12.1. The van der Waals surface area contributed by atoms with E-state index in [4.69, 9.17) is 18.9 Å². The Morgan fingerprint density at radius 2 is 1.88 bits per heavy atom. The van der Waals surface area contributed by atoms with Crippen LogP contribution >= 0.6 is 11.8 Å². The molecule has 0 spiro atoms. The summed E-state index contributed by atoms with van der Waals surface area (Å²) in [5.74, 6) is 2.78. The predicted molar refractivity (Wildman–Crippen MR) is 104 cm³/mol. The molecule has 6 nitrogen and oxygen atoms in total. The molecule has 1 aromatic carbocycles. The number of methoxy groups -OCH3 is 3. The molecule has 2 rings (SSSR count). The largest absolute Gasteiger partial charge is 0.493 e. The first-order valence-corrected chi connectivity index (χ1v) is 9.98. The Morgan fingerprint density at radius 1 is 1.15 bits per heavy atom. The minimum absolute atomic E-state index is 0.0504. The number of rotatable bonds is 10. The molecule has 0 bridgehead atoms. The zero-order valence-electron chi connectivity index (χ0n) is 15.8. The highest BCUT2D eigenvalue weighted by atomic mass is 32.2. The van der Waals surface area contributed by atoms with Gasteiger partial charge in [0.05, 0.1) is 21.3 Å². The minimum atomic E-state index is 0.0504. The van der Waals surface area contributed by atoms with Crippen LogP contribution in [0.15, 0.2) is 12.1 Å². The van der Waals surface area contributed by atoms with E-state index in [1.165, 1.54) is 0 Å². The van der Waals surface area contributed by atoms with Crippen LogP contribution in [0.3, 0.4) is 0 Å². The maximum Gasteiger partial charge on any atom is 0.220 e. The van der Waals surface area contributed by atoms with Crippen LogP contribution in [-0.2, 0) is 16.0 Å². The van der Waals surface area contributed by atoms with Gasteiger partial charge in [0.25, 0.3) is 0 Å². The Hall–Kier alpha value is -1.60. The monoisotopic (exact) mass is 383 g/mol. The molecule has 0 unspecified atom stereocenters. The summed E-state index contributed by atoms with van der Waals surface area (Å²) < 4.78 is 21.5. The van der Waals surface area contributed by atoms with Crippen LogP contribution in [0.4, 0.5) is 0 Å². The first-order chi connectivity index (χ1) is 12.7. The number of thioether (sulfide) groups is 1. The van der Waals surface area contributed by atoms with Crippen LogP contribution in [0.1, 0.15) is 24.8 Å². The van der Waals surface area contributed by atoms with Gasteiger partial charge in [0.15, 0.2) is 11.5 Å². The number of amides is 1. The van der Waals surface area contributed by atoms with E-state index in [9.17, 15) is 4.79 Å². The Morgan fingerprint density at radius 3 is 2.54 bits per heavy atom. The van der Waals surface area contributed by atoms with Gasteiger partial charge in [-0.2, -0.15) is 11.8 Å². The number of hydrogen-bond donors (Lipinski definition) is 1. The van der Waals surface area contributed by atoms with Gasteiger partial charge in [-0.25, -0.2) is 0 Å². The average molecular weight is 384 g/mol. The second kappa shape index (κ2) is 11.2. The van der Waals surface area contributed by atoms with Crippen molar-refractivity contribution in [3.8, 4) is 17.2 Å². The van der Waals surface area contributed by atoms with Crippen molar-refractivity contribution in [2.45, 2.75) is 30.9 Å². The lowest BCUT2D eigenvalue weighted by molar-refractivity contribution is -0.120. The highest BCUT2D eigenvalue weighted by Crippen LogP contribution is 2.40. The van der Waals surface area contributed by atoms with Crippen molar-refractivity contribution >= 4 is 17.7 Å². The maximum absolute atomic E-state index is 12.1. The topological polar surface area (TPSA) is 66.0 Å². The highest BCUT2D eigenvalue weighted by Gasteiger charge is 2.17. The Bertz CT molecular complexity index is 575. The first kappa shape index (κ1) is 20.7. The van der Waals surface area contributed by atoms with Gasteiger partial charge in [0.1, 0.15) is 0 Å². The third-order valence-corrected chi connectivity index (χ3v) is 5.74. The van der Waals surface area contributed by atoms with Gasteiger partial charge in [-0.3, -0.25) is 4.79 Å². The summed E-state index contributed by atoms with van der Waals surface area (Å²) in [5.41, 5.74) is 0.928. The fraction of sp³-hybridized carbons (Fsp3) is 0.632. The van der Waals surface area contributed by atoms with Crippen molar-refractivity contribution in [2.75, 3.05) is 46.8 Å². The van der Waals surface area contributed by atoms with E-state index >= 15 is 0 Å². The smallest absolute Gasteiger partial charge is 0.220 e. The minimum Gasteiger partial charge on any atom is -0.493 e. The molecule has 1 heterocycles. The standard InChI is InChI=1S/C19H29NO5S/c1-22-16-6-4-14(18(23-2)19(16)24-3)5-7-17(21)20-10-13-26-15-8-11-25-12-9-15/h4,6,15H,5,7-13H2,1-3H3,(H,20,21). The molecule has 0 aliphatic carbocycles. The highest BCUT2D eigenvalue weighted by molar-refractivity contribution is 7.99. The van der Waals surface area contributed by atoms with Crippen LogP contribution in [0.5, 0.6) is 17.2 Å². The second-order valence-corrected chi connectivity index (χ2v) is 7.43. The Balaban J connectivity index is 1.76. The number of carbonyl (C=O) groups excluding carboxylic acids is 1. The van der Waals surface area contributed by atoms with Crippen LogP contribution in [-0.4, -0.2) is 58.0 Å². The Kier molecular flexibility index (Phi) is 8.91. The third kappa shape index (κ3) is 5.99. The van der Waals surface area contributed by atoms with Gasteiger partial charge in [0.2, 0.25) is 11.7 Å². The van der Waals surface area contributed by atoms with Crippen LogP contribution in [0.25, 0.3) is 0 Å². The van der Waals surface area contributed by atoms with Crippen LogP contribution in [0, 0.1) is 0 Å². The van der Waals surface area contributed by atoms with Gasteiger partial charge < -0.3 is 24.3 Å². The SMILES string of the molecule is COc1ccc(CCC(=O)NCCSC2CCOCC2)c(OC)c1OC. The average Bonchev–Trinajstić information content (AvgIpc) is 2.69. The van der Waals surface area contributed by atoms with Gasteiger partial charge in [-0.05, 0) is 30.9 Å². The Labute approximate surface area is 159 Å². The van der Waals surface area contributed by atoms with Gasteiger partial charge in [-0.15, -0.1) is 0 Å². The lowest BCUT2D eigenvalue weighted by atomic mass is 10.1. The normalized spacial score (nSPS) is 14.7. The van der Waals surface area contributed by atoms with Crippen molar-refractivity contribution in [2.24, 2.45) is 0 Å². The fourth-order valence-electron chi connectivity index (χ4n) is 2.96. The summed E-state index contributed by atoms with van der Waals surface area (Å²) in [5, 5.41) is 3.66. The van der Waals surface area contributed by atoms with E-state index in [0.717, 1.165) is 37.4 Å². The van der Waals surface area contributed by atoms with Crippen molar-refractivity contribution in [3.63, 3.8) is 0 Å². The lowest BCUT2D eigenvalue weighted by Crippen LogP contribution is -2.27. The predicted octanol–water partition coefficient (Wildman–Crippen LogP) is 2.67. The number of hydrogen-bond acceptors (Lipinski definition) is 6. The molecular weight excluding hydrogens is 354 g/mol.